The Balaban J connectivity index is 1.56. The van der Waals surface area contributed by atoms with E-state index in [1.807, 2.05) is 42.5 Å². The lowest BCUT2D eigenvalue weighted by Gasteiger charge is -2.06. The molecular formula is C19H15ClN4O2S. The number of hydrogen-bond acceptors (Lipinski definition) is 4. The second kappa shape index (κ2) is 7.02. The van der Waals surface area contributed by atoms with Gasteiger partial charge in [-0.3, -0.25) is 0 Å². The van der Waals surface area contributed by atoms with Crippen molar-refractivity contribution in [2.45, 2.75) is 11.4 Å². The van der Waals surface area contributed by atoms with Gasteiger partial charge in [-0.1, -0.05) is 60.1 Å². The summed E-state index contributed by atoms with van der Waals surface area (Å²) in [6, 6.07) is 19.9. The molecule has 1 heterocycles. The molecule has 3 aromatic carbocycles. The minimum absolute atomic E-state index is 0.00946. The number of fused-ring (bicyclic) bond motifs is 1. The standard InChI is InChI=1S/C19H15ClN4O2S/c20-18-8-4-3-7-16(18)12-24-13-21-19(22-24)23-27(25,26)17-10-9-14-5-1-2-6-15(14)11-17/h1-11,13H,12H2,(H,22,23). The van der Waals surface area contributed by atoms with Crippen LogP contribution in [0.15, 0.2) is 78.0 Å². The Morgan fingerprint density at radius 2 is 1.70 bits per heavy atom. The maximum Gasteiger partial charge on any atom is 0.264 e. The molecule has 0 amide bonds. The van der Waals surface area contributed by atoms with Crippen LogP contribution in [0.1, 0.15) is 5.56 Å². The highest BCUT2D eigenvalue weighted by molar-refractivity contribution is 7.92. The molecule has 0 aliphatic heterocycles. The number of aromatic nitrogens is 3. The summed E-state index contributed by atoms with van der Waals surface area (Å²) in [7, 11) is -3.79. The first kappa shape index (κ1) is 17.5. The highest BCUT2D eigenvalue weighted by Gasteiger charge is 2.17. The van der Waals surface area contributed by atoms with E-state index in [0.29, 0.717) is 11.6 Å². The molecule has 136 valence electrons. The van der Waals surface area contributed by atoms with E-state index in [1.54, 1.807) is 24.3 Å². The van der Waals surface area contributed by atoms with Crippen LogP contribution < -0.4 is 4.72 Å². The van der Waals surface area contributed by atoms with Gasteiger partial charge in [-0.25, -0.2) is 17.8 Å². The number of nitrogens with one attached hydrogen (secondary N) is 1. The molecule has 0 atom stereocenters. The van der Waals surface area contributed by atoms with Gasteiger partial charge in [0.15, 0.2) is 0 Å². The molecule has 0 aliphatic carbocycles. The van der Waals surface area contributed by atoms with Crippen LogP contribution >= 0.6 is 11.6 Å². The SMILES string of the molecule is O=S(=O)(Nc1ncn(Cc2ccccc2Cl)n1)c1ccc2ccccc2c1. The number of anilines is 1. The Morgan fingerprint density at radius 1 is 0.963 bits per heavy atom. The number of benzene rings is 3. The van der Waals surface area contributed by atoms with Crippen molar-refractivity contribution < 1.29 is 8.42 Å². The lowest BCUT2D eigenvalue weighted by atomic mass is 10.1. The first-order chi connectivity index (χ1) is 13.0. The maximum atomic E-state index is 12.6. The van der Waals surface area contributed by atoms with E-state index < -0.39 is 10.0 Å². The van der Waals surface area contributed by atoms with Crippen LogP contribution in [0.2, 0.25) is 5.02 Å². The van der Waals surface area contributed by atoms with Crippen LogP contribution in [0.4, 0.5) is 5.95 Å². The monoisotopic (exact) mass is 398 g/mol. The van der Waals surface area contributed by atoms with Gasteiger partial charge in [-0.05, 0) is 34.5 Å². The summed E-state index contributed by atoms with van der Waals surface area (Å²) in [6.07, 6.45) is 1.46. The van der Waals surface area contributed by atoms with Crippen LogP contribution in [0, 0.1) is 0 Å². The Bertz CT molecular complexity index is 1220. The van der Waals surface area contributed by atoms with Crippen LogP contribution in [-0.4, -0.2) is 23.2 Å². The smallest absolute Gasteiger partial charge is 0.246 e. The number of halogens is 1. The van der Waals surface area contributed by atoms with Crippen molar-refractivity contribution in [2.75, 3.05) is 4.72 Å². The van der Waals surface area contributed by atoms with E-state index >= 15 is 0 Å². The number of rotatable bonds is 5. The predicted molar refractivity (Wildman–Crippen MR) is 105 cm³/mol. The summed E-state index contributed by atoms with van der Waals surface area (Å²) in [5.74, 6) is 0.00946. The molecule has 0 unspecified atom stereocenters. The third-order valence-electron chi connectivity index (χ3n) is 4.08. The fourth-order valence-corrected chi connectivity index (χ4v) is 3.91. The van der Waals surface area contributed by atoms with Gasteiger partial charge >= 0.3 is 0 Å². The van der Waals surface area contributed by atoms with E-state index in [-0.39, 0.29) is 10.8 Å². The van der Waals surface area contributed by atoms with Gasteiger partial charge in [0.25, 0.3) is 16.0 Å². The zero-order chi connectivity index (χ0) is 18.9. The molecule has 8 heteroatoms. The number of hydrogen-bond donors (Lipinski definition) is 1. The topological polar surface area (TPSA) is 76.9 Å². The molecule has 0 aliphatic rings. The normalized spacial score (nSPS) is 11.6. The molecule has 0 bridgehead atoms. The Hall–Kier alpha value is -2.90. The zero-order valence-electron chi connectivity index (χ0n) is 14.1. The molecule has 1 aromatic heterocycles. The van der Waals surface area contributed by atoms with Gasteiger partial charge in [0.1, 0.15) is 6.33 Å². The largest absolute Gasteiger partial charge is 0.264 e. The van der Waals surface area contributed by atoms with Crippen molar-refractivity contribution in [1.82, 2.24) is 14.8 Å². The van der Waals surface area contributed by atoms with E-state index in [2.05, 4.69) is 14.8 Å². The fourth-order valence-electron chi connectivity index (χ4n) is 2.73. The summed E-state index contributed by atoms with van der Waals surface area (Å²) < 4.78 is 29.2. The van der Waals surface area contributed by atoms with E-state index in [0.717, 1.165) is 16.3 Å². The summed E-state index contributed by atoms with van der Waals surface area (Å²) >= 11 is 6.14. The molecule has 0 saturated heterocycles. The molecule has 27 heavy (non-hydrogen) atoms. The Labute approximate surface area is 161 Å². The van der Waals surface area contributed by atoms with Crippen molar-refractivity contribution in [3.05, 3.63) is 83.6 Å². The molecule has 4 aromatic rings. The molecule has 0 radical (unpaired) electrons. The molecule has 1 N–H and O–H groups in total. The maximum absolute atomic E-state index is 12.6. The van der Waals surface area contributed by atoms with Crippen LogP contribution in [0.3, 0.4) is 0 Å². The van der Waals surface area contributed by atoms with E-state index in [1.165, 1.54) is 11.0 Å². The summed E-state index contributed by atoms with van der Waals surface area (Å²) in [4.78, 5) is 4.19. The van der Waals surface area contributed by atoms with Gasteiger partial charge in [0.2, 0.25) is 0 Å². The molecule has 0 spiro atoms. The first-order valence-corrected chi connectivity index (χ1v) is 10.0. The van der Waals surface area contributed by atoms with Crippen molar-refractivity contribution in [2.24, 2.45) is 0 Å². The number of sulfonamides is 1. The lowest BCUT2D eigenvalue weighted by Crippen LogP contribution is -2.14. The summed E-state index contributed by atoms with van der Waals surface area (Å²) in [6.45, 7) is 0.393. The third-order valence-corrected chi connectivity index (χ3v) is 5.78. The second-order valence-electron chi connectivity index (χ2n) is 5.97. The second-order valence-corrected chi connectivity index (χ2v) is 8.06. The van der Waals surface area contributed by atoms with Crippen LogP contribution in [-0.2, 0) is 16.6 Å². The first-order valence-electron chi connectivity index (χ1n) is 8.16. The Kier molecular flexibility index (Phi) is 4.55. The van der Waals surface area contributed by atoms with Gasteiger partial charge in [-0.2, -0.15) is 4.98 Å². The highest BCUT2D eigenvalue weighted by atomic mass is 35.5. The van der Waals surface area contributed by atoms with Crippen molar-refractivity contribution in [3.63, 3.8) is 0 Å². The molecule has 6 nitrogen and oxygen atoms in total. The average molecular weight is 399 g/mol. The average Bonchev–Trinajstić information content (AvgIpc) is 3.09. The van der Waals surface area contributed by atoms with E-state index in [4.69, 9.17) is 11.6 Å². The molecular weight excluding hydrogens is 384 g/mol. The highest BCUT2D eigenvalue weighted by Crippen LogP contribution is 2.21. The molecule has 0 saturated carbocycles. The van der Waals surface area contributed by atoms with Crippen molar-refractivity contribution in [3.8, 4) is 0 Å². The molecule has 4 rings (SSSR count). The van der Waals surface area contributed by atoms with Gasteiger partial charge in [0, 0.05) is 5.02 Å². The fraction of sp³-hybridized carbons (Fsp3) is 0.0526. The summed E-state index contributed by atoms with van der Waals surface area (Å²) in [5, 5.41) is 6.61. The quantitative estimate of drug-likeness (QED) is 0.552. The van der Waals surface area contributed by atoms with Gasteiger partial charge in [-0.15, -0.1) is 5.10 Å². The number of nitrogens with zero attached hydrogens (tertiary/aromatic N) is 3. The third kappa shape index (κ3) is 3.79. The minimum Gasteiger partial charge on any atom is -0.246 e. The minimum atomic E-state index is -3.79. The Morgan fingerprint density at radius 3 is 2.52 bits per heavy atom. The zero-order valence-corrected chi connectivity index (χ0v) is 15.7. The van der Waals surface area contributed by atoms with Crippen LogP contribution in [0.25, 0.3) is 10.8 Å². The summed E-state index contributed by atoms with van der Waals surface area (Å²) in [5.41, 5.74) is 0.869. The van der Waals surface area contributed by atoms with Crippen LogP contribution in [0.5, 0.6) is 0 Å². The van der Waals surface area contributed by atoms with E-state index in [9.17, 15) is 8.42 Å². The van der Waals surface area contributed by atoms with Crippen molar-refractivity contribution in [1.29, 1.82) is 0 Å². The van der Waals surface area contributed by atoms with Crippen molar-refractivity contribution >= 4 is 38.3 Å². The van der Waals surface area contributed by atoms with Gasteiger partial charge < -0.3 is 0 Å². The van der Waals surface area contributed by atoms with Gasteiger partial charge in [0.05, 0.1) is 11.4 Å². The predicted octanol–water partition coefficient (Wildman–Crippen LogP) is 3.93. The lowest BCUT2D eigenvalue weighted by molar-refractivity contribution is 0.600. The molecule has 0 fully saturated rings.